The number of carbonyl (C=O) groups excluding carboxylic acids is 2. The average molecular weight is 435 g/mol. The van der Waals surface area contributed by atoms with Crippen molar-refractivity contribution >= 4 is 12.3 Å². The van der Waals surface area contributed by atoms with Crippen molar-refractivity contribution in [1.82, 2.24) is 4.57 Å². The van der Waals surface area contributed by atoms with Gasteiger partial charge in [-0.25, -0.2) is 4.79 Å². The fourth-order valence-corrected chi connectivity index (χ4v) is 3.77. The lowest BCUT2D eigenvalue weighted by Gasteiger charge is -2.14. The molecular formula is C25H25NO6. The van der Waals surface area contributed by atoms with E-state index in [1.807, 2.05) is 41.8 Å². The summed E-state index contributed by atoms with van der Waals surface area (Å²) < 4.78 is 24.0. The Labute approximate surface area is 186 Å². The lowest BCUT2D eigenvalue weighted by atomic mass is 10.0. The maximum atomic E-state index is 12.5. The first-order chi connectivity index (χ1) is 15.6. The van der Waals surface area contributed by atoms with E-state index >= 15 is 0 Å². The van der Waals surface area contributed by atoms with Crippen molar-refractivity contribution in [3.05, 3.63) is 70.9 Å². The van der Waals surface area contributed by atoms with Gasteiger partial charge in [0.2, 0.25) is 6.79 Å². The highest BCUT2D eigenvalue weighted by Gasteiger charge is 2.24. The highest BCUT2D eigenvalue weighted by atomic mass is 16.7. The molecule has 1 aromatic heterocycles. The summed E-state index contributed by atoms with van der Waals surface area (Å²) in [7, 11) is 0. The number of carbonyl (C=O) groups is 2. The van der Waals surface area contributed by atoms with E-state index in [0.717, 1.165) is 17.5 Å². The van der Waals surface area contributed by atoms with Crippen LogP contribution in [-0.4, -0.2) is 36.8 Å². The molecule has 1 aliphatic rings. The molecule has 0 unspecified atom stereocenters. The molecule has 0 bridgehead atoms. The first-order valence-corrected chi connectivity index (χ1v) is 10.5. The normalized spacial score (nSPS) is 12.1. The molecule has 3 aromatic rings. The minimum atomic E-state index is -0.399. The maximum absolute atomic E-state index is 12.5. The Morgan fingerprint density at radius 2 is 1.88 bits per heavy atom. The van der Waals surface area contributed by atoms with Crippen molar-refractivity contribution in [2.45, 2.75) is 27.0 Å². The van der Waals surface area contributed by atoms with Gasteiger partial charge in [-0.2, -0.15) is 0 Å². The monoisotopic (exact) mass is 435 g/mol. The second-order valence-corrected chi connectivity index (χ2v) is 7.35. The van der Waals surface area contributed by atoms with Crippen molar-refractivity contribution in [2.24, 2.45) is 0 Å². The molecule has 166 valence electrons. The van der Waals surface area contributed by atoms with E-state index in [1.54, 1.807) is 25.1 Å². The maximum Gasteiger partial charge on any atom is 0.339 e. The van der Waals surface area contributed by atoms with E-state index < -0.39 is 5.97 Å². The van der Waals surface area contributed by atoms with Crippen LogP contribution in [0.25, 0.3) is 11.3 Å². The van der Waals surface area contributed by atoms with Crippen molar-refractivity contribution < 1.29 is 28.5 Å². The van der Waals surface area contributed by atoms with Gasteiger partial charge in [-0.3, -0.25) is 4.79 Å². The molecular weight excluding hydrogens is 410 g/mol. The Kier molecular flexibility index (Phi) is 6.56. The highest BCUT2D eigenvalue weighted by Crippen LogP contribution is 2.39. The second-order valence-electron chi connectivity index (χ2n) is 7.35. The van der Waals surface area contributed by atoms with Crippen molar-refractivity contribution in [3.8, 4) is 22.8 Å². The van der Waals surface area contributed by atoms with Crippen LogP contribution in [0.4, 0.5) is 0 Å². The number of hydrogen-bond donors (Lipinski definition) is 0. The zero-order chi connectivity index (χ0) is 22.5. The summed E-state index contributed by atoms with van der Waals surface area (Å²) in [4.78, 5) is 24.4. The largest absolute Gasteiger partial charge is 0.462 e. The second kappa shape index (κ2) is 9.70. The van der Waals surface area contributed by atoms with Gasteiger partial charge in [0, 0.05) is 23.4 Å². The summed E-state index contributed by atoms with van der Waals surface area (Å²) in [6, 6.07) is 15.1. The van der Waals surface area contributed by atoms with Gasteiger partial charge < -0.3 is 23.5 Å². The number of esters is 1. The Bertz CT molecular complexity index is 1120. The molecule has 7 nitrogen and oxygen atoms in total. The number of benzene rings is 2. The van der Waals surface area contributed by atoms with Crippen LogP contribution in [-0.2, 0) is 22.6 Å². The fraction of sp³-hybridized carbons (Fsp3) is 0.280. The Hall–Kier alpha value is -3.58. The topological polar surface area (TPSA) is 76.0 Å². The molecule has 32 heavy (non-hydrogen) atoms. The van der Waals surface area contributed by atoms with E-state index in [1.165, 1.54) is 0 Å². The molecule has 2 heterocycles. The predicted octanol–water partition coefficient (Wildman–Crippen LogP) is 4.40. The summed E-state index contributed by atoms with van der Waals surface area (Å²) in [5, 5.41) is 0. The average Bonchev–Trinajstić information content (AvgIpc) is 3.40. The molecule has 0 saturated carbocycles. The first kappa shape index (κ1) is 21.6. The molecule has 0 saturated heterocycles. The van der Waals surface area contributed by atoms with Gasteiger partial charge >= 0.3 is 5.97 Å². The van der Waals surface area contributed by atoms with Crippen LogP contribution >= 0.6 is 0 Å². The summed E-state index contributed by atoms with van der Waals surface area (Å²) in [6.45, 7) is 5.44. The third kappa shape index (κ3) is 4.38. The SMILES string of the molecule is CCOC(=O)c1cc(-c2cc3c(cc2C=O)OCO3)n(CCOCc2ccccc2)c1C. The number of ether oxygens (including phenoxy) is 4. The lowest BCUT2D eigenvalue weighted by molar-refractivity contribution is 0.0525. The molecule has 0 radical (unpaired) electrons. The molecule has 7 heteroatoms. The van der Waals surface area contributed by atoms with Gasteiger partial charge in [0.25, 0.3) is 0 Å². The molecule has 0 amide bonds. The van der Waals surface area contributed by atoms with Crippen LogP contribution in [0.15, 0.2) is 48.5 Å². The van der Waals surface area contributed by atoms with Crippen molar-refractivity contribution in [3.63, 3.8) is 0 Å². The van der Waals surface area contributed by atoms with Crippen LogP contribution < -0.4 is 9.47 Å². The standard InChI is InChI=1S/C25H25NO6/c1-3-30-25(28)20-12-22(21-13-24-23(31-16-32-24)11-19(21)14-27)26(17(20)2)9-10-29-15-18-7-5-4-6-8-18/h4-8,11-14H,3,9-10,15-16H2,1-2H3. The van der Waals surface area contributed by atoms with Crippen LogP contribution in [0.5, 0.6) is 11.5 Å². The van der Waals surface area contributed by atoms with Gasteiger partial charge in [0.15, 0.2) is 17.8 Å². The minimum Gasteiger partial charge on any atom is -0.462 e. The van der Waals surface area contributed by atoms with Crippen molar-refractivity contribution in [1.29, 1.82) is 0 Å². The predicted molar refractivity (Wildman–Crippen MR) is 118 cm³/mol. The Morgan fingerprint density at radius 1 is 1.12 bits per heavy atom. The molecule has 0 N–H and O–H groups in total. The van der Waals surface area contributed by atoms with Crippen LogP contribution in [0.1, 0.15) is 38.9 Å². The molecule has 4 rings (SSSR count). The Balaban J connectivity index is 1.66. The third-order valence-electron chi connectivity index (χ3n) is 5.38. The van der Waals surface area contributed by atoms with Gasteiger partial charge in [-0.05, 0) is 37.6 Å². The minimum absolute atomic E-state index is 0.110. The fourth-order valence-electron chi connectivity index (χ4n) is 3.77. The quantitative estimate of drug-likeness (QED) is 0.282. The van der Waals surface area contributed by atoms with Gasteiger partial charge in [-0.1, -0.05) is 30.3 Å². The lowest BCUT2D eigenvalue weighted by Crippen LogP contribution is -2.11. The smallest absolute Gasteiger partial charge is 0.339 e. The zero-order valence-corrected chi connectivity index (χ0v) is 18.1. The van der Waals surface area contributed by atoms with E-state index in [2.05, 4.69) is 0 Å². The highest BCUT2D eigenvalue weighted by molar-refractivity contribution is 5.95. The number of hydrogen-bond acceptors (Lipinski definition) is 6. The summed E-state index contributed by atoms with van der Waals surface area (Å²) in [5.41, 5.74) is 4.12. The number of aldehydes is 1. The Morgan fingerprint density at radius 3 is 2.59 bits per heavy atom. The summed E-state index contributed by atoms with van der Waals surface area (Å²) >= 11 is 0. The number of rotatable bonds is 9. The van der Waals surface area contributed by atoms with E-state index in [9.17, 15) is 9.59 Å². The molecule has 0 atom stereocenters. The number of aromatic nitrogens is 1. The number of fused-ring (bicyclic) bond motifs is 1. The third-order valence-corrected chi connectivity index (χ3v) is 5.38. The van der Waals surface area contributed by atoms with Crippen LogP contribution in [0.3, 0.4) is 0 Å². The molecule has 2 aromatic carbocycles. The molecule has 0 spiro atoms. The molecule has 0 fully saturated rings. The van der Waals surface area contributed by atoms with Crippen molar-refractivity contribution in [2.75, 3.05) is 20.0 Å². The summed E-state index contributed by atoms with van der Waals surface area (Å²) in [6.07, 6.45) is 0.778. The van der Waals surface area contributed by atoms with Gasteiger partial charge in [0.1, 0.15) is 0 Å². The molecule has 0 aliphatic carbocycles. The van der Waals surface area contributed by atoms with E-state index in [4.69, 9.17) is 18.9 Å². The van der Waals surface area contributed by atoms with Crippen LogP contribution in [0, 0.1) is 6.92 Å². The summed E-state index contributed by atoms with van der Waals surface area (Å²) in [5.74, 6) is 0.695. The number of nitrogens with zero attached hydrogens (tertiary/aromatic N) is 1. The van der Waals surface area contributed by atoms with Gasteiger partial charge in [-0.15, -0.1) is 0 Å². The van der Waals surface area contributed by atoms with E-state index in [0.29, 0.717) is 53.6 Å². The van der Waals surface area contributed by atoms with E-state index in [-0.39, 0.29) is 13.4 Å². The molecule has 1 aliphatic heterocycles. The van der Waals surface area contributed by atoms with Gasteiger partial charge in [0.05, 0.1) is 31.1 Å². The first-order valence-electron chi connectivity index (χ1n) is 10.5. The zero-order valence-electron chi connectivity index (χ0n) is 18.1. The van der Waals surface area contributed by atoms with Crippen LogP contribution in [0.2, 0.25) is 0 Å².